The van der Waals surface area contributed by atoms with E-state index in [0.29, 0.717) is 6.42 Å². The highest BCUT2D eigenvalue weighted by molar-refractivity contribution is 5.81. The number of aliphatic hydroxyl groups is 1. The Bertz CT molecular complexity index is 204. The molecule has 1 saturated heterocycles. The van der Waals surface area contributed by atoms with Crippen molar-refractivity contribution < 1.29 is 19.8 Å². The van der Waals surface area contributed by atoms with E-state index in [-0.39, 0.29) is 18.9 Å². The van der Waals surface area contributed by atoms with Crippen LogP contribution < -0.4 is 5.32 Å². The molecule has 0 unspecified atom stereocenters. The zero-order chi connectivity index (χ0) is 9.14. The molecular formula is C7H11NO4. The van der Waals surface area contributed by atoms with E-state index in [0.717, 1.165) is 0 Å². The average Bonchev–Trinajstić information content (AvgIpc) is 2.03. The van der Waals surface area contributed by atoms with Crippen molar-refractivity contribution >= 4 is 11.9 Å². The second-order valence-corrected chi connectivity index (χ2v) is 2.84. The molecule has 0 bridgehead atoms. The molecule has 2 atom stereocenters. The molecule has 0 aliphatic carbocycles. The number of hydrogen-bond acceptors (Lipinski definition) is 3. The second kappa shape index (κ2) is 3.53. The Labute approximate surface area is 69.4 Å². The first-order valence-corrected chi connectivity index (χ1v) is 3.78. The standard InChI is InChI=1S/C7H11NO4/c9-3-5-4(7(11)12)1-2-6(10)8-5/h4-5,9H,1-3H2,(H,8,10)(H,11,12)/t4-,5+/m0/s1. The molecule has 0 aromatic heterocycles. The molecule has 0 aromatic carbocycles. The molecule has 0 saturated carbocycles. The van der Waals surface area contributed by atoms with Crippen molar-refractivity contribution in [2.24, 2.45) is 5.92 Å². The van der Waals surface area contributed by atoms with Gasteiger partial charge < -0.3 is 15.5 Å². The topological polar surface area (TPSA) is 86.6 Å². The lowest BCUT2D eigenvalue weighted by Crippen LogP contribution is -2.49. The van der Waals surface area contributed by atoms with Crippen LogP contribution in [0.15, 0.2) is 0 Å². The first kappa shape index (κ1) is 8.99. The van der Waals surface area contributed by atoms with Crippen LogP contribution >= 0.6 is 0 Å². The molecule has 0 spiro atoms. The summed E-state index contributed by atoms with van der Waals surface area (Å²) in [6.07, 6.45) is 0.542. The molecule has 3 N–H and O–H groups in total. The van der Waals surface area contributed by atoms with Gasteiger partial charge >= 0.3 is 5.97 Å². The lowest BCUT2D eigenvalue weighted by molar-refractivity contribution is -0.145. The maximum Gasteiger partial charge on any atom is 0.308 e. The summed E-state index contributed by atoms with van der Waals surface area (Å²) in [6.45, 7) is -0.317. The normalized spacial score (nSPS) is 29.6. The quantitative estimate of drug-likeness (QED) is 0.497. The summed E-state index contributed by atoms with van der Waals surface area (Å²) in [5.41, 5.74) is 0. The number of carboxylic acids is 1. The Hall–Kier alpha value is -1.10. The Morgan fingerprint density at radius 1 is 1.67 bits per heavy atom. The molecule has 1 heterocycles. The number of piperidine rings is 1. The molecule has 68 valence electrons. The minimum absolute atomic E-state index is 0.188. The number of hydrogen-bond donors (Lipinski definition) is 3. The van der Waals surface area contributed by atoms with Gasteiger partial charge in [0.1, 0.15) is 0 Å². The molecule has 0 aromatic rings. The first-order valence-electron chi connectivity index (χ1n) is 3.78. The van der Waals surface area contributed by atoms with E-state index >= 15 is 0 Å². The Morgan fingerprint density at radius 3 is 2.83 bits per heavy atom. The third-order valence-electron chi connectivity index (χ3n) is 2.03. The van der Waals surface area contributed by atoms with Gasteiger partial charge in [-0.05, 0) is 6.42 Å². The third-order valence-corrected chi connectivity index (χ3v) is 2.03. The van der Waals surface area contributed by atoms with Crippen LogP contribution in [0, 0.1) is 5.92 Å². The number of carboxylic acid groups (broad SMARTS) is 1. The summed E-state index contributed by atoms with van der Waals surface area (Å²) in [5.74, 6) is -1.80. The van der Waals surface area contributed by atoms with Crippen molar-refractivity contribution in [1.82, 2.24) is 5.32 Å². The lowest BCUT2D eigenvalue weighted by atomic mass is 9.91. The third kappa shape index (κ3) is 1.73. The van der Waals surface area contributed by atoms with E-state index in [2.05, 4.69) is 5.32 Å². The van der Waals surface area contributed by atoms with Crippen molar-refractivity contribution in [2.75, 3.05) is 6.61 Å². The van der Waals surface area contributed by atoms with Gasteiger partial charge in [0, 0.05) is 6.42 Å². The van der Waals surface area contributed by atoms with Crippen LogP contribution in [0.5, 0.6) is 0 Å². The fraction of sp³-hybridized carbons (Fsp3) is 0.714. The smallest absolute Gasteiger partial charge is 0.308 e. The van der Waals surface area contributed by atoms with Crippen LogP contribution in [0.3, 0.4) is 0 Å². The van der Waals surface area contributed by atoms with Crippen LogP contribution in [0.2, 0.25) is 0 Å². The molecule has 12 heavy (non-hydrogen) atoms. The molecule has 1 aliphatic heterocycles. The van der Waals surface area contributed by atoms with Gasteiger partial charge in [0.15, 0.2) is 0 Å². The maximum atomic E-state index is 10.8. The van der Waals surface area contributed by atoms with Crippen molar-refractivity contribution in [2.45, 2.75) is 18.9 Å². The SMILES string of the molecule is O=C1CC[C@H](C(=O)O)[C@@H](CO)N1. The number of nitrogens with one attached hydrogen (secondary N) is 1. The van der Waals surface area contributed by atoms with E-state index in [1.165, 1.54) is 0 Å². The van der Waals surface area contributed by atoms with E-state index in [4.69, 9.17) is 10.2 Å². The van der Waals surface area contributed by atoms with Crippen molar-refractivity contribution in [3.05, 3.63) is 0 Å². The van der Waals surface area contributed by atoms with Crippen LogP contribution in [0.1, 0.15) is 12.8 Å². The van der Waals surface area contributed by atoms with Gasteiger partial charge in [-0.2, -0.15) is 0 Å². The molecular weight excluding hydrogens is 162 g/mol. The fourth-order valence-electron chi connectivity index (χ4n) is 1.34. The number of aliphatic carboxylic acids is 1. The van der Waals surface area contributed by atoms with Gasteiger partial charge in [-0.1, -0.05) is 0 Å². The van der Waals surface area contributed by atoms with E-state index in [1.54, 1.807) is 0 Å². The zero-order valence-corrected chi connectivity index (χ0v) is 6.49. The summed E-state index contributed by atoms with van der Waals surface area (Å²) < 4.78 is 0. The summed E-state index contributed by atoms with van der Waals surface area (Å²) >= 11 is 0. The minimum atomic E-state index is -0.964. The summed E-state index contributed by atoms with van der Waals surface area (Å²) in [5, 5.41) is 19.8. The Morgan fingerprint density at radius 2 is 2.33 bits per heavy atom. The van der Waals surface area contributed by atoms with Crippen LogP contribution in [0.25, 0.3) is 0 Å². The molecule has 0 radical (unpaired) electrons. The highest BCUT2D eigenvalue weighted by Crippen LogP contribution is 2.16. The van der Waals surface area contributed by atoms with Crippen molar-refractivity contribution in [3.8, 4) is 0 Å². The molecule has 1 amide bonds. The van der Waals surface area contributed by atoms with Crippen molar-refractivity contribution in [1.29, 1.82) is 0 Å². The van der Waals surface area contributed by atoms with Crippen LogP contribution in [-0.2, 0) is 9.59 Å². The van der Waals surface area contributed by atoms with Gasteiger partial charge in [0.2, 0.25) is 5.91 Å². The van der Waals surface area contributed by atoms with Gasteiger partial charge in [0.25, 0.3) is 0 Å². The highest BCUT2D eigenvalue weighted by atomic mass is 16.4. The second-order valence-electron chi connectivity index (χ2n) is 2.84. The monoisotopic (exact) mass is 173 g/mol. The molecule has 1 aliphatic rings. The highest BCUT2D eigenvalue weighted by Gasteiger charge is 2.32. The molecule has 1 rings (SSSR count). The number of rotatable bonds is 2. The van der Waals surface area contributed by atoms with Crippen LogP contribution in [-0.4, -0.2) is 34.7 Å². The van der Waals surface area contributed by atoms with E-state index in [9.17, 15) is 9.59 Å². The first-order chi connectivity index (χ1) is 5.65. The summed E-state index contributed by atoms with van der Waals surface area (Å²) in [7, 11) is 0. The predicted octanol–water partition coefficient (Wildman–Crippen LogP) is -1.04. The van der Waals surface area contributed by atoms with Gasteiger partial charge in [-0.25, -0.2) is 0 Å². The van der Waals surface area contributed by atoms with Gasteiger partial charge in [-0.3, -0.25) is 9.59 Å². The summed E-state index contributed by atoms with van der Waals surface area (Å²) in [4.78, 5) is 21.4. The van der Waals surface area contributed by atoms with Gasteiger partial charge in [0.05, 0.1) is 18.6 Å². The molecule has 1 fully saturated rings. The predicted molar refractivity (Wildman–Crippen MR) is 39.4 cm³/mol. The fourth-order valence-corrected chi connectivity index (χ4v) is 1.34. The largest absolute Gasteiger partial charge is 0.481 e. The maximum absolute atomic E-state index is 10.8. The van der Waals surface area contributed by atoms with E-state index in [1.807, 2.05) is 0 Å². The number of carbonyl (C=O) groups is 2. The number of carbonyl (C=O) groups excluding carboxylic acids is 1. The Balaban J connectivity index is 2.62. The minimum Gasteiger partial charge on any atom is -0.481 e. The number of aliphatic hydroxyl groups excluding tert-OH is 1. The van der Waals surface area contributed by atoms with Crippen LogP contribution in [0.4, 0.5) is 0 Å². The summed E-state index contributed by atoms with van der Waals surface area (Å²) in [6, 6.07) is -0.622. The van der Waals surface area contributed by atoms with Gasteiger partial charge in [-0.15, -0.1) is 0 Å². The average molecular weight is 173 g/mol. The van der Waals surface area contributed by atoms with Crippen molar-refractivity contribution in [3.63, 3.8) is 0 Å². The lowest BCUT2D eigenvalue weighted by Gasteiger charge is -2.27. The molecule has 5 heteroatoms. The zero-order valence-electron chi connectivity index (χ0n) is 6.49. The van der Waals surface area contributed by atoms with E-state index < -0.39 is 17.9 Å². The molecule has 5 nitrogen and oxygen atoms in total. The number of amides is 1. The Kier molecular flexibility index (Phi) is 2.65.